The molecule has 4 rings (SSSR count). The molecule has 2 aromatic carbocycles. The molecule has 1 atom stereocenters. The first-order valence-corrected chi connectivity index (χ1v) is 10.9. The molecular formula is C21H15Cl2FN4O3S. The number of carbonyl (C=O) groups excluding carboxylic acids is 3. The van der Waals surface area contributed by atoms with Crippen molar-refractivity contribution < 1.29 is 18.8 Å². The molecule has 11 heteroatoms. The first-order chi connectivity index (χ1) is 15.2. The minimum absolute atomic E-state index is 0.273. The fourth-order valence-corrected chi connectivity index (χ4v) is 4.38. The molecule has 2 N–H and O–H groups in total. The van der Waals surface area contributed by atoms with Gasteiger partial charge in [-0.1, -0.05) is 35.3 Å². The first-order valence-electron chi connectivity index (χ1n) is 9.28. The largest absolute Gasteiger partial charge is 0.325 e. The molecule has 0 radical (unpaired) electrons. The van der Waals surface area contributed by atoms with Crippen molar-refractivity contribution >= 4 is 57.5 Å². The van der Waals surface area contributed by atoms with Crippen LogP contribution in [0.5, 0.6) is 0 Å². The van der Waals surface area contributed by atoms with E-state index in [-0.39, 0.29) is 5.13 Å². The van der Waals surface area contributed by atoms with Gasteiger partial charge >= 0.3 is 6.03 Å². The van der Waals surface area contributed by atoms with E-state index in [2.05, 4.69) is 15.6 Å². The van der Waals surface area contributed by atoms with E-state index in [9.17, 15) is 18.8 Å². The maximum Gasteiger partial charge on any atom is 0.325 e. The highest BCUT2D eigenvalue weighted by atomic mass is 35.5. The molecule has 1 unspecified atom stereocenters. The lowest BCUT2D eigenvalue weighted by atomic mass is 9.92. The smallest absolute Gasteiger partial charge is 0.319 e. The SMILES string of the molecule is CC1(c2ccc(F)cc2)NC(=O)N(CC(=O)Nc2nc(-c3cc(Cl)ccc3Cl)cs2)C1=O. The highest BCUT2D eigenvalue weighted by Gasteiger charge is 2.49. The van der Waals surface area contributed by atoms with Crippen molar-refractivity contribution in [1.29, 1.82) is 0 Å². The van der Waals surface area contributed by atoms with Crippen LogP contribution in [0.4, 0.5) is 14.3 Å². The second kappa shape index (κ2) is 8.50. The Labute approximate surface area is 196 Å². The van der Waals surface area contributed by atoms with Crippen molar-refractivity contribution in [2.75, 3.05) is 11.9 Å². The lowest BCUT2D eigenvalue weighted by Crippen LogP contribution is -2.42. The molecule has 0 bridgehead atoms. The molecule has 0 spiro atoms. The molecule has 2 heterocycles. The van der Waals surface area contributed by atoms with E-state index in [4.69, 9.17) is 23.2 Å². The van der Waals surface area contributed by atoms with E-state index < -0.39 is 35.7 Å². The predicted octanol–water partition coefficient (Wildman–Crippen LogP) is 4.66. The number of thiazole rings is 1. The number of urea groups is 1. The number of halogens is 3. The van der Waals surface area contributed by atoms with Crippen molar-refractivity contribution in [2.24, 2.45) is 0 Å². The molecule has 1 saturated heterocycles. The Morgan fingerprint density at radius 3 is 2.66 bits per heavy atom. The molecular weight excluding hydrogens is 478 g/mol. The summed E-state index contributed by atoms with van der Waals surface area (Å²) >= 11 is 13.4. The Morgan fingerprint density at radius 1 is 1.22 bits per heavy atom. The van der Waals surface area contributed by atoms with Gasteiger partial charge in [-0.15, -0.1) is 11.3 Å². The summed E-state index contributed by atoms with van der Waals surface area (Å²) in [5.41, 5.74) is 0.141. The molecule has 0 saturated carbocycles. The monoisotopic (exact) mass is 492 g/mol. The molecule has 7 nitrogen and oxygen atoms in total. The minimum Gasteiger partial charge on any atom is -0.319 e. The number of carbonyl (C=O) groups is 3. The van der Waals surface area contributed by atoms with Gasteiger partial charge in [0, 0.05) is 16.0 Å². The first kappa shape index (κ1) is 22.2. The van der Waals surface area contributed by atoms with Gasteiger partial charge in [-0.05, 0) is 42.8 Å². The van der Waals surface area contributed by atoms with Crippen LogP contribution in [0.1, 0.15) is 12.5 Å². The van der Waals surface area contributed by atoms with Crippen molar-refractivity contribution in [3.05, 3.63) is 69.3 Å². The maximum atomic E-state index is 13.2. The van der Waals surface area contributed by atoms with E-state index in [1.54, 1.807) is 23.6 Å². The third-order valence-electron chi connectivity index (χ3n) is 4.95. The van der Waals surface area contributed by atoms with Crippen LogP contribution in [-0.2, 0) is 15.1 Å². The number of hydrogen-bond acceptors (Lipinski definition) is 5. The number of hydrogen-bond donors (Lipinski definition) is 2. The molecule has 1 aliphatic rings. The van der Waals surface area contributed by atoms with Crippen LogP contribution < -0.4 is 10.6 Å². The molecule has 164 valence electrons. The highest BCUT2D eigenvalue weighted by molar-refractivity contribution is 7.14. The Morgan fingerprint density at radius 2 is 1.94 bits per heavy atom. The summed E-state index contributed by atoms with van der Waals surface area (Å²) in [4.78, 5) is 42.9. The van der Waals surface area contributed by atoms with Gasteiger partial charge in [0.2, 0.25) is 5.91 Å². The van der Waals surface area contributed by atoms with Crippen LogP contribution in [-0.4, -0.2) is 34.3 Å². The summed E-state index contributed by atoms with van der Waals surface area (Å²) < 4.78 is 13.2. The number of aromatic nitrogens is 1. The summed E-state index contributed by atoms with van der Waals surface area (Å²) in [6, 6.07) is 9.46. The van der Waals surface area contributed by atoms with Crippen LogP contribution in [0.3, 0.4) is 0 Å². The average molecular weight is 493 g/mol. The predicted molar refractivity (Wildman–Crippen MR) is 120 cm³/mol. The van der Waals surface area contributed by atoms with E-state index in [1.165, 1.54) is 31.2 Å². The number of nitrogens with one attached hydrogen (secondary N) is 2. The fraction of sp³-hybridized carbons (Fsp3) is 0.143. The molecule has 3 aromatic rings. The molecule has 0 aliphatic carbocycles. The third kappa shape index (κ3) is 4.19. The maximum absolute atomic E-state index is 13.2. The van der Waals surface area contributed by atoms with Crippen LogP contribution in [0.25, 0.3) is 11.3 Å². The Kier molecular flexibility index (Phi) is 5.89. The van der Waals surface area contributed by atoms with Crippen molar-refractivity contribution in [3.63, 3.8) is 0 Å². The zero-order valence-electron chi connectivity index (χ0n) is 16.5. The van der Waals surface area contributed by atoms with Crippen LogP contribution in [0.15, 0.2) is 47.8 Å². The fourth-order valence-electron chi connectivity index (χ4n) is 3.27. The summed E-state index contributed by atoms with van der Waals surface area (Å²) in [7, 11) is 0. The minimum atomic E-state index is -1.40. The standard InChI is InChI=1S/C21H15Cl2FN4O3S/c1-21(11-2-5-13(24)6-3-11)18(30)28(20(31)27-21)9-17(29)26-19-25-16(10-32-19)14-8-12(22)4-7-15(14)23/h2-8,10H,9H2,1H3,(H,27,31)(H,25,26,29). The summed E-state index contributed by atoms with van der Waals surface area (Å²) in [5, 5.41) is 8.07. The zero-order valence-corrected chi connectivity index (χ0v) is 18.8. The topological polar surface area (TPSA) is 91.4 Å². The second-order valence-electron chi connectivity index (χ2n) is 7.16. The Hall–Kier alpha value is -3.01. The van der Waals surface area contributed by atoms with Crippen LogP contribution >= 0.6 is 34.5 Å². The normalized spacial score (nSPS) is 18.1. The van der Waals surface area contributed by atoms with Gasteiger partial charge in [0.05, 0.1) is 10.7 Å². The van der Waals surface area contributed by atoms with Crippen molar-refractivity contribution in [1.82, 2.24) is 15.2 Å². The molecule has 32 heavy (non-hydrogen) atoms. The van der Waals surface area contributed by atoms with Crippen LogP contribution in [0.2, 0.25) is 10.0 Å². The average Bonchev–Trinajstić information content (AvgIpc) is 3.29. The zero-order chi connectivity index (χ0) is 23.0. The van der Waals surface area contributed by atoms with Crippen LogP contribution in [0, 0.1) is 5.82 Å². The summed E-state index contributed by atoms with van der Waals surface area (Å²) in [6.07, 6.45) is 0. The van der Waals surface area contributed by atoms with E-state index in [0.717, 1.165) is 16.2 Å². The molecule has 1 fully saturated rings. The lowest BCUT2D eigenvalue weighted by molar-refractivity contribution is -0.133. The number of nitrogens with zero attached hydrogens (tertiary/aromatic N) is 2. The number of benzene rings is 2. The summed E-state index contributed by atoms with van der Waals surface area (Å²) in [5.74, 6) is -1.68. The Bertz CT molecular complexity index is 1230. The number of imide groups is 1. The Balaban J connectivity index is 1.46. The number of rotatable bonds is 5. The molecule has 4 amide bonds. The van der Waals surface area contributed by atoms with E-state index >= 15 is 0 Å². The van der Waals surface area contributed by atoms with E-state index in [1.807, 2.05) is 0 Å². The molecule has 1 aromatic heterocycles. The van der Waals surface area contributed by atoms with Gasteiger partial charge < -0.3 is 10.6 Å². The van der Waals surface area contributed by atoms with Crippen molar-refractivity contribution in [3.8, 4) is 11.3 Å². The highest BCUT2D eigenvalue weighted by Crippen LogP contribution is 2.33. The third-order valence-corrected chi connectivity index (χ3v) is 6.28. The van der Waals surface area contributed by atoms with Gasteiger partial charge in [0.25, 0.3) is 5.91 Å². The summed E-state index contributed by atoms with van der Waals surface area (Å²) in [6.45, 7) is 0.995. The van der Waals surface area contributed by atoms with Gasteiger partial charge in [-0.2, -0.15) is 0 Å². The van der Waals surface area contributed by atoms with Gasteiger partial charge in [0.1, 0.15) is 17.9 Å². The van der Waals surface area contributed by atoms with Gasteiger partial charge in [-0.3, -0.25) is 14.5 Å². The van der Waals surface area contributed by atoms with E-state index in [0.29, 0.717) is 26.9 Å². The second-order valence-corrected chi connectivity index (χ2v) is 8.87. The van der Waals surface area contributed by atoms with Gasteiger partial charge in [-0.25, -0.2) is 14.2 Å². The van der Waals surface area contributed by atoms with Crippen molar-refractivity contribution in [2.45, 2.75) is 12.5 Å². The van der Waals surface area contributed by atoms with Gasteiger partial charge in [0.15, 0.2) is 5.13 Å². The lowest BCUT2D eigenvalue weighted by Gasteiger charge is -2.22. The molecule has 1 aliphatic heterocycles. The quantitative estimate of drug-likeness (QED) is 0.506. The number of anilines is 1. The number of amides is 4.